The van der Waals surface area contributed by atoms with Gasteiger partial charge in [-0.2, -0.15) is 0 Å². The predicted molar refractivity (Wildman–Crippen MR) is 69.7 cm³/mol. The molecule has 6 heteroatoms. The summed E-state index contributed by atoms with van der Waals surface area (Å²) in [5.74, 6) is 0.555. The van der Waals surface area contributed by atoms with Crippen LogP contribution in [-0.2, 0) is 9.53 Å². The molecule has 18 heavy (non-hydrogen) atoms. The van der Waals surface area contributed by atoms with Crippen LogP contribution in [0.3, 0.4) is 0 Å². The molecule has 0 saturated carbocycles. The zero-order chi connectivity index (χ0) is 13.4. The minimum atomic E-state index is -0.260. The number of ether oxygens (including phenoxy) is 1. The van der Waals surface area contributed by atoms with Crippen LogP contribution in [0.1, 0.15) is 32.6 Å². The number of piperidine rings is 1. The second kappa shape index (κ2) is 8.19. The number of hydrogen-bond acceptors (Lipinski definition) is 3. The fourth-order valence-corrected chi connectivity index (χ4v) is 2.08. The van der Waals surface area contributed by atoms with Crippen molar-refractivity contribution >= 4 is 23.6 Å². The van der Waals surface area contributed by atoms with Gasteiger partial charge in [0.05, 0.1) is 6.61 Å². The van der Waals surface area contributed by atoms with Crippen LogP contribution in [0.15, 0.2) is 0 Å². The molecule has 1 fully saturated rings. The van der Waals surface area contributed by atoms with Gasteiger partial charge in [-0.25, -0.2) is 4.79 Å². The number of rotatable bonds is 5. The maximum atomic E-state index is 11.5. The topological polar surface area (TPSA) is 58.6 Å². The number of amides is 2. The highest BCUT2D eigenvalue weighted by atomic mass is 35.5. The molecule has 0 aromatic carbocycles. The standard InChI is InChI=1S/C12H21ClN2O3/c1-2-18-12(17)15-8-5-10(6-9-15)14-11(16)4-3-7-13/h10H,2-9H2,1H3,(H,14,16). The molecule has 0 atom stereocenters. The number of nitrogens with zero attached hydrogens (tertiary/aromatic N) is 1. The molecular weight excluding hydrogens is 256 g/mol. The van der Waals surface area contributed by atoms with Crippen LogP contribution >= 0.6 is 11.6 Å². The van der Waals surface area contributed by atoms with Gasteiger partial charge in [-0.05, 0) is 26.2 Å². The zero-order valence-electron chi connectivity index (χ0n) is 10.8. The average Bonchev–Trinajstić information content (AvgIpc) is 2.37. The third kappa shape index (κ3) is 5.12. The van der Waals surface area contributed by atoms with E-state index >= 15 is 0 Å². The Morgan fingerprint density at radius 3 is 2.61 bits per heavy atom. The Morgan fingerprint density at radius 1 is 1.39 bits per heavy atom. The van der Waals surface area contributed by atoms with Gasteiger partial charge < -0.3 is 15.0 Å². The van der Waals surface area contributed by atoms with Gasteiger partial charge in [0.25, 0.3) is 0 Å². The molecule has 0 spiro atoms. The molecule has 1 aliphatic rings. The smallest absolute Gasteiger partial charge is 0.409 e. The lowest BCUT2D eigenvalue weighted by Gasteiger charge is -2.31. The van der Waals surface area contributed by atoms with Gasteiger partial charge in [-0.3, -0.25) is 4.79 Å². The molecule has 1 rings (SSSR count). The van der Waals surface area contributed by atoms with Crippen molar-refractivity contribution in [1.29, 1.82) is 0 Å². The first-order valence-corrected chi connectivity index (χ1v) is 6.97. The Balaban J connectivity index is 2.22. The highest BCUT2D eigenvalue weighted by molar-refractivity contribution is 6.17. The van der Waals surface area contributed by atoms with Gasteiger partial charge in [0.15, 0.2) is 0 Å². The van der Waals surface area contributed by atoms with Crippen molar-refractivity contribution in [3.05, 3.63) is 0 Å². The minimum absolute atomic E-state index is 0.0465. The molecule has 1 aliphatic heterocycles. The summed E-state index contributed by atoms with van der Waals surface area (Å²) in [7, 11) is 0. The lowest BCUT2D eigenvalue weighted by Crippen LogP contribution is -2.46. The summed E-state index contributed by atoms with van der Waals surface area (Å²) in [4.78, 5) is 24.7. The Hall–Kier alpha value is -0.970. The fraction of sp³-hybridized carbons (Fsp3) is 0.833. The number of halogens is 1. The van der Waals surface area contributed by atoms with Crippen molar-refractivity contribution in [3.63, 3.8) is 0 Å². The normalized spacial score (nSPS) is 16.4. The number of hydrogen-bond donors (Lipinski definition) is 1. The van der Waals surface area contributed by atoms with E-state index < -0.39 is 0 Å². The van der Waals surface area contributed by atoms with E-state index in [2.05, 4.69) is 5.32 Å². The molecule has 1 N–H and O–H groups in total. The third-order valence-corrected chi connectivity index (χ3v) is 3.19. The van der Waals surface area contributed by atoms with Crippen molar-refractivity contribution < 1.29 is 14.3 Å². The highest BCUT2D eigenvalue weighted by Gasteiger charge is 2.24. The van der Waals surface area contributed by atoms with Gasteiger partial charge in [0.2, 0.25) is 5.91 Å². The van der Waals surface area contributed by atoms with Crippen LogP contribution in [0.5, 0.6) is 0 Å². The average molecular weight is 277 g/mol. The first kappa shape index (κ1) is 15.1. The molecule has 2 amide bonds. The number of carbonyl (C=O) groups excluding carboxylic acids is 2. The van der Waals surface area contributed by atoms with Gasteiger partial charge in [0.1, 0.15) is 0 Å². The van der Waals surface area contributed by atoms with E-state index in [4.69, 9.17) is 16.3 Å². The Bertz CT molecular complexity index is 278. The molecule has 1 saturated heterocycles. The predicted octanol–water partition coefficient (Wildman–Crippen LogP) is 1.74. The zero-order valence-corrected chi connectivity index (χ0v) is 11.5. The van der Waals surface area contributed by atoms with Crippen LogP contribution in [0.25, 0.3) is 0 Å². The lowest BCUT2D eigenvalue weighted by atomic mass is 10.1. The van der Waals surface area contributed by atoms with Crippen LogP contribution in [-0.4, -0.2) is 48.5 Å². The van der Waals surface area contributed by atoms with Gasteiger partial charge in [0, 0.05) is 31.4 Å². The number of alkyl halides is 1. The van der Waals surface area contributed by atoms with Crippen molar-refractivity contribution in [2.24, 2.45) is 0 Å². The Morgan fingerprint density at radius 2 is 2.06 bits per heavy atom. The van der Waals surface area contributed by atoms with Crippen LogP contribution in [0.2, 0.25) is 0 Å². The SMILES string of the molecule is CCOC(=O)N1CCC(NC(=O)CCCCl)CC1. The molecule has 0 aliphatic carbocycles. The van der Waals surface area contributed by atoms with E-state index in [0.29, 0.717) is 38.4 Å². The van der Waals surface area contributed by atoms with Crippen LogP contribution < -0.4 is 5.32 Å². The van der Waals surface area contributed by atoms with Crippen molar-refractivity contribution in [3.8, 4) is 0 Å². The second-order valence-corrected chi connectivity index (χ2v) is 4.70. The molecular formula is C12H21ClN2O3. The number of nitrogens with one attached hydrogen (secondary N) is 1. The molecule has 0 unspecified atom stereocenters. The van der Waals surface area contributed by atoms with Crippen LogP contribution in [0, 0.1) is 0 Å². The maximum absolute atomic E-state index is 11.5. The monoisotopic (exact) mass is 276 g/mol. The number of carbonyl (C=O) groups is 2. The minimum Gasteiger partial charge on any atom is -0.450 e. The first-order chi connectivity index (χ1) is 8.67. The fourth-order valence-electron chi connectivity index (χ4n) is 1.95. The molecule has 1 heterocycles. The van der Waals surface area contributed by atoms with E-state index in [-0.39, 0.29) is 18.0 Å². The van der Waals surface area contributed by atoms with Crippen molar-refractivity contribution in [2.45, 2.75) is 38.6 Å². The molecule has 104 valence electrons. The van der Waals surface area contributed by atoms with Gasteiger partial charge >= 0.3 is 6.09 Å². The largest absolute Gasteiger partial charge is 0.450 e. The van der Waals surface area contributed by atoms with Crippen molar-refractivity contribution in [1.82, 2.24) is 10.2 Å². The highest BCUT2D eigenvalue weighted by Crippen LogP contribution is 2.11. The number of likely N-dealkylation sites (tertiary alicyclic amines) is 1. The van der Waals surface area contributed by atoms with E-state index in [9.17, 15) is 9.59 Å². The summed E-state index contributed by atoms with van der Waals surface area (Å²) >= 11 is 5.53. The Labute approximate surface area is 113 Å². The summed E-state index contributed by atoms with van der Waals surface area (Å²) in [6.45, 7) is 3.47. The van der Waals surface area contributed by atoms with E-state index in [1.54, 1.807) is 11.8 Å². The quantitative estimate of drug-likeness (QED) is 0.778. The second-order valence-electron chi connectivity index (χ2n) is 4.32. The van der Waals surface area contributed by atoms with E-state index in [1.165, 1.54) is 0 Å². The lowest BCUT2D eigenvalue weighted by molar-refractivity contribution is -0.122. The summed E-state index contributed by atoms with van der Waals surface area (Å²) in [5, 5.41) is 2.97. The molecule has 0 aromatic heterocycles. The van der Waals surface area contributed by atoms with Gasteiger partial charge in [-0.15, -0.1) is 11.6 Å². The van der Waals surface area contributed by atoms with Gasteiger partial charge in [-0.1, -0.05) is 0 Å². The van der Waals surface area contributed by atoms with Crippen LogP contribution in [0.4, 0.5) is 4.79 Å². The van der Waals surface area contributed by atoms with E-state index in [1.807, 2.05) is 0 Å². The summed E-state index contributed by atoms with van der Waals surface area (Å²) in [6, 6.07) is 0.165. The van der Waals surface area contributed by atoms with E-state index in [0.717, 1.165) is 12.8 Å². The van der Waals surface area contributed by atoms with Crippen molar-refractivity contribution in [2.75, 3.05) is 25.6 Å². The molecule has 0 bridgehead atoms. The summed E-state index contributed by atoms with van der Waals surface area (Å²) in [6.07, 6.45) is 2.48. The summed E-state index contributed by atoms with van der Waals surface area (Å²) < 4.78 is 4.94. The molecule has 0 radical (unpaired) electrons. The summed E-state index contributed by atoms with van der Waals surface area (Å²) in [5.41, 5.74) is 0. The first-order valence-electron chi connectivity index (χ1n) is 6.44. The maximum Gasteiger partial charge on any atom is 0.409 e. The third-order valence-electron chi connectivity index (χ3n) is 2.92. The molecule has 0 aromatic rings. The molecule has 5 nitrogen and oxygen atoms in total. The Kier molecular flexibility index (Phi) is 6.86.